The number of hydrogen-bond acceptors (Lipinski definition) is 6. The van der Waals surface area contributed by atoms with Gasteiger partial charge in [-0.3, -0.25) is 9.10 Å². The number of fused-ring (bicyclic) bond motifs is 1. The summed E-state index contributed by atoms with van der Waals surface area (Å²) in [5, 5.41) is 3.55. The third kappa shape index (κ3) is 5.53. The fraction of sp³-hybridized carbons (Fsp3) is 0.296. The zero-order valence-electron chi connectivity index (χ0n) is 21.5. The first kappa shape index (κ1) is 28.7. The molecule has 1 saturated heterocycles. The molecule has 0 bridgehead atoms. The second kappa shape index (κ2) is 11.2. The summed E-state index contributed by atoms with van der Waals surface area (Å²) in [5.41, 5.74) is 1.77. The Morgan fingerprint density at radius 1 is 0.925 bits per heavy atom. The van der Waals surface area contributed by atoms with E-state index in [1.165, 1.54) is 52.1 Å². The van der Waals surface area contributed by atoms with Crippen LogP contribution in [0.3, 0.4) is 0 Å². The van der Waals surface area contributed by atoms with Crippen molar-refractivity contribution in [3.63, 3.8) is 0 Å². The zero-order valence-corrected chi connectivity index (χ0v) is 24.7. The highest BCUT2D eigenvalue weighted by atomic mass is 35.5. The summed E-state index contributed by atoms with van der Waals surface area (Å²) in [4.78, 5) is 13.3. The van der Waals surface area contributed by atoms with E-state index in [9.17, 15) is 21.6 Å². The number of nitrogens with one attached hydrogen (secondary N) is 1. The zero-order chi connectivity index (χ0) is 28.7. The molecule has 212 valence electrons. The van der Waals surface area contributed by atoms with E-state index >= 15 is 0 Å². The molecule has 0 spiro atoms. The Kier molecular flexibility index (Phi) is 8.04. The molecule has 1 amide bonds. The highest BCUT2D eigenvalue weighted by molar-refractivity contribution is 7.92. The quantitative estimate of drug-likeness (QED) is 0.405. The molecule has 1 N–H and O–H groups in total. The molecular weight excluding hydrogens is 597 g/mol. The van der Waals surface area contributed by atoms with E-state index < -0.39 is 26.0 Å². The lowest BCUT2D eigenvalue weighted by Gasteiger charge is -2.31. The number of rotatable bonds is 7. The molecule has 3 aromatic rings. The first-order valence-electron chi connectivity index (χ1n) is 12.6. The highest BCUT2D eigenvalue weighted by Crippen LogP contribution is 2.36. The second-order valence-corrected chi connectivity index (χ2v) is 14.3. The van der Waals surface area contributed by atoms with Crippen molar-refractivity contribution in [2.75, 3.05) is 36.4 Å². The SMILES string of the molecule is COc1ccc(Cl)cc1S(=O)(=O)N1CCC[C@H](C(=O)Nc2ccc3c(c2)N(S(=O)(=O)c2ccc(Cl)cc2)CC3)C1. The summed E-state index contributed by atoms with van der Waals surface area (Å²) in [6, 6.07) is 15.5. The van der Waals surface area contributed by atoms with E-state index in [0.717, 1.165) is 5.56 Å². The van der Waals surface area contributed by atoms with Gasteiger partial charge in [0.15, 0.2) is 0 Å². The normalized spacial score (nSPS) is 17.9. The van der Waals surface area contributed by atoms with Crippen molar-refractivity contribution in [1.82, 2.24) is 4.31 Å². The minimum absolute atomic E-state index is 0.00809. The molecule has 2 aliphatic rings. The van der Waals surface area contributed by atoms with Gasteiger partial charge in [0, 0.05) is 35.4 Å². The van der Waals surface area contributed by atoms with Crippen molar-refractivity contribution in [1.29, 1.82) is 0 Å². The number of hydrogen-bond donors (Lipinski definition) is 1. The van der Waals surface area contributed by atoms with E-state index in [1.54, 1.807) is 24.3 Å². The maximum absolute atomic E-state index is 13.4. The minimum atomic E-state index is -3.97. The van der Waals surface area contributed by atoms with E-state index in [0.29, 0.717) is 35.7 Å². The minimum Gasteiger partial charge on any atom is -0.495 e. The number of amides is 1. The number of sulfonamides is 2. The molecule has 2 aliphatic heterocycles. The Morgan fingerprint density at radius 3 is 2.38 bits per heavy atom. The topological polar surface area (TPSA) is 113 Å². The lowest BCUT2D eigenvalue weighted by Crippen LogP contribution is -2.43. The number of piperidine rings is 1. The monoisotopic (exact) mass is 623 g/mol. The smallest absolute Gasteiger partial charge is 0.264 e. The van der Waals surface area contributed by atoms with Gasteiger partial charge in [0.05, 0.1) is 23.6 Å². The van der Waals surface area contributed by atoms with Crippen LogP contribution in [0.2, 0.25) is 10.0 Å². The molecule has 0 unspecified atom stereocenters. The van der Waals surface area contributed by atoms with Crippen LogP contribution in [-0.4, -0.2) is 53.8 Å². The van der Waals surface area contributed by atoms with Crippen LogP contribution >= 0.6 is 23.2 Å². The van der Waals surface area contributed by atoms with Crippen molar-refractivity contribution in [3.8, 4) is 5.75 Å². The van der Waals surface area contributed by atoms with E-state index in [4.69, 9.17) is 27.9 Å². The Hall–Kier alpha value is -2.83. The fourth-order valence-corrected chi connectivity index (χ4v) is 8.58. The number of anilines is 2. The van der Waals surface area contributed by atoms with Gasteiger partial charge >= 0.3 is 0 Å². The van der Waals surface area contributed by atoms with Crippen LogP contribution in [0, 0.1) is 5.92 Å². The number of benzene rings is 3. The molecule has 1 atom stereocenters. The number of carbonyl (C=O) groups excluding carboxylic acids is 1. The van der Waals surface area contributed by atoms with Crippen molar-refractivity contribution < 1.29 is 26.4 Å². The molecule has 13 heteroatoms. The summed E-state index contributed by atoms with van der Waals surface area (Å²) in [7, 11) is -6.41. The molecule has 5 rings (SSSR count). The fourth-order valence-electron chi connectivity index (χ4n) is 5.02. The molecule has 9 nitrogen and oxygen atoms in total. The van der Waals surface area contributed by atoms with Gasteiger partial charge in [0.2, 0.25) is 15.9 Å². The third-order valence-corrected chi connectivity index (χ3v) is 11.3. The van der Waals surface area contributed by atoms with Crippen LogP contribution in [0.25, 0.3) is 0 Å². The van der Waals surface area contributed by atoms with Gasteiger partial charge in [0.1, 0.15) is 10.6 Å². The molecule has 2 heterocycles. The van der Waals surface area contributed by atoms with E-state index in [1.807, 2.05) is 0 Å². The van der Waals surface area contributed by atoms with Gasteiger partial charge in [-0.2, -0.15) is 4.31 Å². The first-order valence-corrected chi connectivity index (χ1v) is 16.2. The van der Waals surface area contributed by atoms with E-state index in [-0.39, 0.29) is 46.1 Å². The van der Waals surface area contributed by atoms with Gasteiger partial charge in [-0.05, 0) is 79.4 Å². The summed E-state index contributed by atoms with van der Waals surface area (Å²) in [6.07, 6.45) is 1.54. The van der Waals surface area contributed by atoms with Crippen LogP contribution in [0.5, 0.6) is 5.75 Å². The van der Waals surface area contributed by atoms with Crippen LogP contribution in [0.15, 0.2) is 70.5 Å². The molecule has 1 fully saturated rings. The average Bonchev–Trinajstić information content (AvgIpc) is 3.37. The highest BCUT2D eigenvalue weighted by Gasteiger charge is 2.36. The Balaban J connectivity index is 1.33. The Labute approximate surface area is 243 Å². The Morgan fingerprint density at radius 2 is 1.65 bits per heavy atom. The van der Waals surface area contributed by atoms with Gasteiger partial charge in [0.25, 0.3) is 10.0 Å². The summed E-state index contributed by atoms with van der Waals surface area (Å²) < 4.78 is 61.3. The predicted molar refractivity (Wildman–Crippen MR) is 154 cm³/mol. The Bertz CT molecular complexity index is 1660. The molecule has 0 aromatic heterocycles. The third-order valence-electron chi connectivity index (χ3n) is 7.11. The van der Waals surface area contributed by atoms with Gasteiger partial charge < -0.3 is 10.1 Å². The maximum Gasteiger partial charge on any atom is 0.264 e. The van der Waals surface area contributed by atoms with Crippen molar-refractivity contribution in [2.45, 2.75) is 29.1 Å². The molecule has 0 radical (unpaired) electrons. The summed E-state index contributed by atoms with van der Waals surface area (Å²) >= 11 is 12.0. The van der Waals surface area contributed by atoms with Crippen LogP contribution in [0.4, 0.5) is 11.4 Å². The number of halogens is 2. The predicted octanol–water partition coefficient (Wildman–Crippen LogP) is 4.79. The lowest BCUT2D eigenvalue weighted by atomic mass is 9.98. The average molecular weight is 625 g/mol. The van der Waals surface area contributed by atoms with Crippen LogP contribution in [-0.2, 0) is 31.3 Å². The summed E-state index contributed by atoms with van der Waals surface area (Å²) in [5.74, 6) is -0.772. The largest absolute Gasteiger partial charge is 0.495 e. The van der Waals surface area contributed by atoms with Crippen molar-refractivity contribution in [3.05, 3.63) is 76.3 Å². The van der Waals surface area contributed by atoms with Gasteiger partial charge in [-0.25, -0.2) is 16.8 Å². The molecule has 40 heavy (non-hydrogen) atoms. The number of carbonyl (C=O) groups is 1. The van der Waals surface area contributed by atoms with Crippen LogP contribution in [0.1, 0.15) is 18.4 Å². The van der Waals surface area contributed by atoms with Gasteiger partial charge in [-0.1, -0.05) is 29.3 Å². The molecule has 0 aliphatic carbocycles. The molecule has 3 aromatic carbocycles. The van der Waals surface area contributed by atoms with Gasteiger partial charge in [-0.15, -0.1) is 0 Å². The molecular formula is C27H27Cl2N3O6S2. The first-order chi connectivity index (χ1) is 19.0. The summed E-state index contributed by atoms with van der Waals surface area (Å²) in [6.45, 7) is 0.532. The number of methoxy groups -OCH3 is 1. The molecule has 0 saturated carbocycles. The van der Waals surface area contributed by atoms with Crippen molar-refractivity contribution >= 4 is 60.5 Å². The number of nitrogens with zero attached hydrogens (tertiary/aromatic N) is 2. The van der Waals surface area contributed by atoms with Crippen LogP contribution < -0.4 is 14.4 Å². The second-order valence-electron chi connectivity index (χ2n) is 9.61. The maximum atomic E-state index is 13.4. The lowest BCUT2D eigenvalue weighted by molar-refractivity contribution is -0.120. The van der Waals surface area contributed by atoms with E-state index in [2.05, 4.69) is 5.32 Å². The number of ether oxygens (including phenoxy) is 1. The van der Waals surface area contributed by atoms with Crippen molar-refractivity contribution in [2.24, 2.45) is 5.92 Å². The standard InChI is InChI=1S/C27H27Cl2N3O6S2/c1-38-25-11-7-21(29)15-26(25)40(36,37)31-13-2-3-19(17-31)27(33)30-22-8-4-18-12-14-32(24(18)16-22)39(34,35)23-9-5-20(28)6-10-23/h4-11,15-16,19H,2-3,12-14,17H2,1H3,(H,30,33)/t19-/m0/s1.